The number of carbonyl (C=O) groups excluding carboxylic acids is 2. The van der Waals surface area contributed by atoms with Crippen LogP contribution in [0.3, 0.4) is 0 Å². The van der Waals surface area contributed by atoms with Crippen LogP contribution in [0.4, 0.5) is 0 Å². The molecule has 6 atom stereocenters. The van der Waals surface area contributed by atoms with Gasteiger partial charge in [0.15, 0.2) is 0 Å². The van der Waals surface area contributed by atoms with Crippen LogP contribution in [-0.2, 0) is 16.1 Å². The van der Waals surface area contributed by atoms with Crippen molar-refractivity contribution in [3.05, 3.63) is 35.9 Å². The standard InChI is InChI=1S/C16H15Br2NO2/c17-13-9-6-10(14(13)18)12-11(9)15(20)19(16(12)21)7-8-4-2-1-3-5-8/h1-5,9-14H,6-7H2/t9-,10-,11-,12+,13-,14+/m0/s1. The van der Waals surface area contributed by atoms with Gasteiger partial charge in [0.1, 0.15) is 0 Å². The van der Waals surface area contributed by atoms with E-state index in [1.807, 2.05) is 30.3 Å². The van der Waals surface area contributed by atoms with E-state index in [0.717, 1.165) is 12.0 Å². The number of halogens is 2. The van der Waals surface area contributed by atoms with Crippen LogP contribution in [-0.4, -0.2) is 26.4 Å². The first-order chi connectivity index (χ1) is 10.1. The van der Waals surface area contributed by atoms with Gasteiger partial charge in [-0.2, -0.15) is 0 Å². The maximum absolute atomic E-state index is 12.7. The molecule has 0 aromatic heterocycles. The van der Waals surface area contributed by atoms with Crippen molar-refractivity contribution < 1.29 is 9.59 Å². The highest BCUT2D eigenvalue weighted by Crippen LogP contribution is 2.60. The first-order valence-electron chi connectivity index (χ1n) is 7.27. The Labute approximate surface area is 140 Å². The Kier molecular flexibility index (Phi) is 3.26. The first kappa shape index (κ1) is 13.9. The molecule has 110 valence electrons. The minimum atomic E-state index is -0.107. The highest BCUT2D eigenvalue weighted by Gasteiger charge is 2.66. The molecule has 0 N–H and O–H groups in total. The monoisotopic (exact) mass is 411 g/mol. The third kappa shape index (κ3) is 1.89. The predicted octanol–water partition coefficient (Wildman–Crippen LogP) is 2.96. The summed E-state index contributed by atoms with van der Waals surface area (Å²) in [7, 11) is 0. The van der Waals surface area contributed by atoms with Crippen LogP contribution in [0.25, 0.3) is 0 Å². The van der Waals surface area contributed by atoms with Gasteiger partial charge in [-0.25, -0.2) is 0 Å². The summed E-state index contributed by atoms with van der Waals surface area (Å²) < 4.78 is 0. The lowest BCUT2D eigenvalue weighted by atomic mass is 9.81. The number of rotatable bonds is 2. The molecule has 1 heterocycles. The van der Waals surface area contributed by atoms with E-state index in [-0.39, 0.29) is 23.7 Å². The molecule has 4 rings (SSSR count). The SMILES string of the molecule is O=C1[C@@H]2[C@@H]3C[C@H]([C@H](Br)[C@@H]3Br)[C@@H]2C(=O)N1Cc1ccccc1. The maximum atomic E-state index is 12.7. The molecule has 0 unspecified atom stereocenters. The molecule has 2 amide bonds. The Balaban J connectivity index is 1.62. The van der Waals surface area contributed by atoms with Gasteiger partial charge < -0.3 is 0 Å². The summed E-state index contributed by atoms with van der Waals surface area (Å²) in [5.74, 6) is 0.437. The molecule has 2 bridgehead atoms. The minimum Gasteiger partial charge on any atom is -0.278 e. The van der Waals surface area contributed by atoms with Crippen molar-refractivity contribution in [3.8, 4) is 0 Å². The van der Waals surface area contributed by atoms with Gasteiger partial charge in [0, 0.05) is 9.65 Å². The summed E-state index contributed by atoms with van der Waals surface area (Å²) in [6.07, 6.45) is 0.984. The van der Waals surface area contributed by atoms with Crippen LogP contribution in [0, 0.1) is 23.7 Å². The van der Waals surface area contributed by atoms with Crippen molar-refractivity contribution in [2.75, 3.05) is 0 Å². The fraction of sp³-hybridized carbons (Fsp3) is 0.500. The number of imide groups is 1. The van der Waals surface area contributed by atoms with Crippen LogP contribution >= 0.6 is 31.9 Å². The summed E-state index contributed by atoms with van der Waals surface area (Å²) in [6, 6.07) is 9.74. The lowest BCUT2D eigenvalue weighted by Crippen LogP contribution is -2.37. The van der Waals surface area contributed by atoms with Gasteiger partial charge in [-0.1, -0.05) is 62.2 Å². The Bertz CT molecular complexity index is 574. The van der Waals surface area contributed by atoms with Crippen molar-refractivity contribution in [1.82, 2.24) is 4.90 Å². The summed E-state index contributed by atoms with van der Waals surface area (Å²) in [5, 5.41) is 0. The van der Waals surface area contributed by atoms with E-state index in [1.54, 1.807) is 0 Å². The maximum Gasteiger partial charge on any atom is 0.233 e. The molecular formula is C16H15Br2NO2. The third-order valence-electron chi connectivity index (χ3n) is 5.26. The molecular weight excluding hydrogens is 398 g/mol. The van der Waals surface area contributed by atoms with Crippen LogP contribution < -0.4 is 0 Å². The second-order valence-corrected chi connectivity index (χ2v) is 8.37. The zero-order valence-corrected chi connectivity index (χ0v) is 14.5. The molecule has 21 heavy (non-hydrogen) atoms. The van der Waals surface area contributed by atoms with Gasteiger partial charge >= 0.3 is 0 Å². The number of alkyl halides is 2. The molecule has 3 fully saturated rings. The van der Waals surface area contributed by atoms with Crippen molar-refractivity contribution in [2.24, 2.45) is 23.7 Å². The Morgan fingerprint density at radius 1 is 0.952 bits per heavy atom. The molecule has 0 spiro atoms. The highest BCUT2D eigenvalue weighted by molar-refractivity contribution is 9.12. The molecule has 1 aromatic carbocycles. The molecule has 1 aromatic rings. The van der Waals surface area contributed by atoms with E-state index in [2.05, 4.69) is 31.9 Å². The zero-order valence-electron chi connectivity index (χ0n) is 11.3. The highest BCUT2D eigenvalue weighted by atomic mass is 79.9. The average molecular weight is 413 g/mol. The molecule has 1 aliphatic heterocycles. The van der Waals surface area contributed by atoms with E-state index >= 15 is 0 Å². The summed E-state index contributed by atoms with van der Waals surface area (Å²) >= 11 is 7.40. The van der Waals surface area contributed by atoms with Crippen LogP contribution in [0.5, 0.6) is 0 Å². The Hall–Kier alpha value is -0.680. The zero-order chi connectivity index (χ0) is 14.7. The van der Waals surface area contributed by atoms with Crippen molar-refractivity contribution in [1.29, 1.82) is 0 Å². The number of hydrogen-bond donors (Lipinski definition) is 0. The smallest absolute Gasteiger partial charge is 0.233 e. The topological polar surface area (TPSA) is 37.4 Å². The van der Waals surface area contributed by atoms with Crippen LogP contribution in [0.2, 0.25) is 0 Å². The summed E-state index contributed by atoms with van der Waals surface area (Å²) in [6.45, 7) is 0.408. The number of fused-ring (bicyclic) bond motifs is 5. The Morgan fingerprint density at radius 2 is 1.48 bits per heavy atom. The van der Waals surface area contributed by atoms with Gasteiger partial charge in [0.25, 0.3) is 0 Å². The molecule has 1 saturated heterocycles. The van der Waals surface area contributed by atoms with E-state index in [4.69, 9.17) is 0 Å². The number of carbonyl (C=O) groups is 2. The number of amides is 2. The number of nitrogens with zero attached hydrogens (tertiary/aromatic N) is 1. The number of benzene rings is 1. The predicted molar refractivity (Wildman–Crippen MR) is 86.0 cm³/mol. The molecule has 5 heteroatoms. The molecule has 3 aliphatic rings. The van der Waals surface area contributed by atoms with Gasteiger partial charge in [-0.3, -0.25) is 14.5 Å². The summed E-state index contributed by atoms with van der Waals surface area (Å²) in [5.41, 5.74) is 1.01. The van der Waals surface area contributed by atoms with Crippen LogP contribution in [0.15, 0.2) is 30.3 Å². The fourth-order valence-corrected chi connectivity index (χ4v) is 6.21. The minimum absolute atomic E-state index is 0.0326. The number of likely N-dealkylation sites (tertiary alicyclic amines) is 1. The largest absolute Gasteiger partial charge is 0.278 e. The van der Waals surface area contributed by atoms with Gasteiger partial charge in [0.05, 0.1) is 18.4 Å². The van der Waals surface area contributed by atoms with E-state index in [9.17, 15) is 9.59 Å². The quantitative estimate of drug-likeness (QED) is 0.553. The van der Waals surface area contributed by atoms with Gasteiger partial charge in [-0.15, -0.1) is 0 Å². The lowest BCUT2D eigenvalue weighted by molar-refractivity contribution is -0.141. The molecule has 3 nitrogen and oxygen atoms in total. The normalized spacial score (nSPS) is 41.0. The molecule has 0 radical (unpaired) electrons. The fourth-order valence-electron chi connectivity index (χ4n) is 4.33. The molecule has 2 aliphatic carbocycles. The van der Waals surface area contributed by atoms with E-state index in [0.29, 0.717) is 28.0 Å². The lowest BCUT2D eigenvalue weighted by Gasteiger charge is -2.28. The average Bonchev–Trinajstić information content (AvgIpc) is 3.09. The third-order valence-corrected chi connectivity index (χ3v) is 8.47. The molecule has 2 saturated carbocycles. The van der Waals surface area contributed by atoms with Gasteiger partial charge in [-0.05, 0) is 23.8 Å². The van der Waals surface area contributed by atoms with Crippen molar-refractivity contribution >= 4 is 43.7 Å². The van der Waals surface area contributed by atoms with Crippen LogP contribution in [0.1, 0.15) is 12.0 Å². The second-order valence-electron chi connectivity index (χ2n) is 6.25. The van der Waals surface area contributed by atoms with Crippen molar-refractivity contribution in [3.63, 3.8) is 0 Å². The van der Waals surface area contributed by atoms with Gasteiger partial charge in [0.2, 0.25) is 11.8 Å². The van der Waals surface area contributed by atoms with E-state index < -0.39 is 0 Å². The van der Waals surface area contributed by atoms with Crippen molar-refractivity contribution in [2.45, 2.75) is 22.6 Å². The second kappa shape index (κ2) is 4.92. The Morgan fingerprint density at radius 3 is 2.00 bits per heavy atom. The van der Waals surface area contributed by atoms with E-state index in [1.165, 1.54) is 4.90 Å². The number of hydrogen-bond acceptors (Lipinski definition) is 2. The summed E-state index contributed by atoms with van der Waals surface area (Å²) in [4.78, 5) is 27.5. The first-order valence-corrected chi connectivity index (χ1v) is 9.10.